The minimum atomic E-state index is 0.926. The van der Waals surface area contributed by atoms with Crippen molar-refractivity contribution in [2.24, 2.45) is 0 Å². The fourth-order valence-corrected chi connectivity index (χ4v) is 6.64. The van der Waals surface area contributed by atoms with Crippen LogP contribution < -0.4 is 0 Å². The summed E-state index contributed by atoms with van der Waals surface area (Å²) in [5.74, 6) is 0.926. The Bertz CT molecular complexity index is 2360. The molecule has 9 rings (SSSR count). The van der Waals surface area contributed by atoms with Crippen LogP contribution in [0.2, 0.25) is 0 Å². The van der Waals surface area contributed by atoms with Crippen molar-refractivity contribution in [2.75, 3.05) is 0 Å². The standard InChI is InChI=1S/C37H23N3/c1-3-10-24(11-4-1)26-20-21-38-33(23-26)40-31-17-9-12-25-18-19-27-22-32-36(37(40)35(27)34(25)31)29-15-7-8-16-30(29)39(32)28-13-5-2-6-14-28/h1-23H. The molecule has 3 nitrogen and oxygen atoms in total. The van der Waals surface area contributed by atoms with Gasteiger partial charge in [-0.2, -0.15) is 0 Å². The van der Waals surface area contributed by atoms with Gasteiger partial charge in [-0.05, 0) is 64.4 Å². The second-order valence-corrected chi connectivity index (χ2v) is 10.5. The third-order valence-corrected chi connectivity index (χ3v) is 8.29. The average molecular weight is 510 g/mol. The molecule has 0 saturated heterocycles. The molecule has 3 heterocycles. The molecule has 0 unspecified atom stereocenters. The molecule has 6 aromatic carbocycles. The van der Waals surface area contributed by atoms with Crippen LogP contribution in [0.3, 0.4) is 0 Å². The zero-order valence-electron chi connectivity index (χ0n) is 21.6. The Morgan fingerprint density at radius 2 is 1.20 bits per heavy atom. The molecule has 0 amide bonds. The van der Waals surface area contributed by atoms with Crippen LogP contribution in [0.5, 0.6) is 0 Å². The maximum atomic E-state index is 4.97. The monoisotopic (exact) mass is 509 g/mol. The van der Waals surface area contributed by atoms with Crippen LogP contribution in [0, 0.1) is 0 Å². The van der Waals surface area contributed by atoms with Gasteiger partial charge in [-0.15, -0.1) is 0 Å². The lowest BCUT2D eigenvalue weighted by molar-refractivity contribution is 1.09. The van der Waals surface area contributed by atoms with E-state index in [2.05, 4.69) is 143 Å². The fourth-order valence-electron chi connectivity index (χ4n) is 6.64. The Morgan fingerprint density at radius 3 is 2.08 bits per heavy atom. The predicted molar refractivity (Wildman–Crippen MR) is 167 cm³/mol. The SMILES string of the molecule is c1ccc(-c2ccnc(-n3c4cccc5ccc6cc7c(c8ccccc8n7-c7ccccc7)c3c6c54)c2)cc1. The molecular weight excluding hydrogens is 486 g/mol. The molecule has 0 N–H and O–H groups in total. The topological polar surface area (TPSA) is 22.8 Å². The molecule has 0 bridgehead atoms. The normalized spacial score (nSPS) is 12.0. The molecule has 0 spiro atoms. The first-order chi connectivity index (χ1) is 19.9. The van der Waals surface area contributed by atoms with Crippen molar-refractivity contribution in [2.45, 2.75) is 0 Å². The second-order valence-electron chi connectivity index (χ2n) is 10.5. The van der Waals surface area contributed by atoms with Gasteiger partial charge in [0.25, 0.3) is 0 Å². The Hall–Kier alpha value is -5.41. The van der Waals surface area contributed by atoms with Gasteiger partial charge < -0.3 is 4.57 Å². The highest BCUT2D eigenvalue weighted by atomic mass is 15.1. The number of aromatic nitrogens is 3. The van der Waals surface area contributed by atoms with Crippen molar-refractivity contribution in [3.8, 4) is 22.6 Å². The highest BCUT2D eigenvalue weighted by Gasteiger charge is 2.24. The Morgan fingerprint density at radius 1 is 0.450 bits per heavy atom. The Kier molecular flexibility index (Phi) is 4.33. The van der Waals surface area contributed by atoms with Gasteiger partial charge in [0.15, 0.2) is 0 Å². The highest BCUT2D eigenvalue weighted by molar-refractivity contribution is 6.33. The van der Waals surface area contributed by atoms with E-state index < -0.39 is 0 Å². The first-order valence-electron chi connectivity index (χ1n) is 13.7. The summed E-state index contributed by atoms with van der Waals surface area (Å²) in [5.41, 5.74) is 8.30. The van der Waals surface area contributed by atoms with E-state index in [1.54, 1.807) is 0 Å². The first-order valence-corrected chi connectivity index (χ1v) is 13.7. The van der Waals surface area contributed by atoms with Crippen LogP contribution in [-0.2, 0) is 0 Å². The van der Waals surface area contributed by atoms with Gasteiger partial charge in [-0.1, -0.05) is 91.0 Å². The summed E-state index contributed by atoms with van der Waals surface area (Å²) < 4.78 is 4.79. The summed E-state index contributed by atoms with van der Waals surface area (Å²) in [5, 5.41) is 7.57. The van der Waals surface area contributed by atoms with Crippen molar-refractivity contribution in [1.82, 2.24) is 14.1 Å². The van der Waals surface area contributed by atoms with Crippen LogP contribution in [0.25, 0.3) is 77.0 Å². The second kappa shape index (κ2) is 8.05. The van der Waals surface area contributed by atoms with Crippen LogP contribution in [0.4, 0.5) is 0 Å². The van der Waals surface area contributed by atoms with Gasteiger partial charge in [-0.25, -0.2) is 4.98 Å². The van der Waals surface area contributed by atoms with Crippen LogP contribution in [0.15, 0.2) is 140 Å². The highest BCUT2D eigenvalue weighted by Crippen LogP contribution is 2.45. The average Bonchev–Trinajstić information content (AvgIpc) is 3.54. The summed E-state index contributed by atoms with van der Waals surface area (Å²) in [6.45, 7) is 0. The van der Waals surface area contributed by atoms with Crippen molar-refractivity contribution in [3.63, 3.8) is 0 Å². The van der Waals surface area contributed by atoms with Crippen LogP contribution in [-0.4, -0.2) is 14.1 Å². The number of benzene rings is 6. The first kappa shape index (κ1) is 21.5. The number of hydrogen-bond acceptors (Lipinski definition) is 1. The van der Waals surface area contributed by atoms with Crippen LogP contribution in [0.1, 0.15) is 0 Å². The van der Waals surface area contributed by atoms with Crippen LogP contribution >= 0.6 is 0 Å². The van der Waals surface area contributed by atoms with E-state index in [9.17, 15) is 0 Å². The fraction of sp³-hybridized carbons (Fsp3) is 0. The number of para-hydroxylation sites is 2. The predicted octanol–water partition coefficient (Wildman–Crippen LogP) is 9.53. The van der Waals surface area contributed by atoms with E-state index in [0.717, 1.165) is 17.1 Å². The van der Waals surface area contributed by atoms with Gasteiger partial charge in [0, 0.05) is 33.4 Å². The van der Waals surface area contributed by atoms with Gasteiger partial charge in [0.2, 0.25) is 0 Å². The molecule has 40 heavy (non-hydrogen) atoms. The summed E-state index contributed by atoms with van der Waals surface area (Å²) in [4.78, 5) is 4.97. The Balaban J connectivity index is 1.51. The third-order valence-electron chi connectivity index (χ3n) is 8.29. The Labute approximate surface area is 230 Å². The van der Waals surface area contributed by atoms with Crippen molar-refractivity contribution in [3.05, 3.63) is 140 Å². The molecule has 0 radical (unpaired) electrons. The van der Waals surface area contributed by atoms with Gasteiger partial charge in [-0.3, -0.25) is 4.57 Å². The lowest BCUT2D eigenvalue weighted by atomic mass is 9.99. The lowest BCUT2D eigenvalue weighted by Crippen LogP contribution is -1.98. The molecule has 186 valence electrons. The van der Waals surface area contributed by atoms with Gasteiger partial charge >= 0.3 is 0 Å². The van der Waals surface area contributed by atoms with E-state index in [4.69, 9.17) is 4.98 Å². The number of rotatable bonds is 3. The van der Waals surface area contributed by atoms with E-state index >= 15 is 0 Å². The van der Waals surface area contributed by atoms with E-state index in [1.807, 2.05) is 6.20 Å². The zero-order chi connectivity index (χ0) is 26.2. The molecule has 0 fully saturated rings. The van der Waals surface area contributed by atoms with Crippen molar-refractivity contribution < 1.29 is 0 Å². The molecule has 0 aliphatic rings. The number of nitrogens with zero attached hydrogens (tertiary/aromatic N) is 3. The third kappa shape index (κ3) is 2.86. The molecular formula is C37H23N3. The molecule has 3 aromatic heterocycles. The zero-order valence-corrected chi connectivity index (χ0v) is 21.6. The van der Waals surface area contributed by atoms with E-state index in [0.29, 0.717) is 0 Å². The molecule has 0 saturated carbocycles. The maximum Gasteiger partial charge on any atom is 0.138 e. The summed E-state index contributed by atoms with van der Waals surface area (Å²) >= 11 is 0. The van der Waals surface area contributed by atoms with E-state index in [1.165, 1.54) is 59.9 Å². The van der Waals surface area contributed by atoms with Crippen molar-refractivity contribution in [1.29, 1.82) is 0 Å². The molecule has 0 atom stereocenters. The summed E-state index contributed by atoms with van der Waals surface area (Å²) in [7, 11) is 0. The lowest BCUT2D eigenvalue weighted by Gasteiger charge is -2.11. The largest absolute Gasteiger partial charge is 0.309 e. The number of pyridine rings is 1. The number of hydrogen-bond donors (Lipinski definition) is 0. The minimum Gasteiger partial charge on any atom is -0.309 e. The minimum absolute atomic E-state index is 0.926. The molecule has 0 aliphatic heterocycles. The molecule has 3 heteroatoms. The summed E-state index contributed by atoms with van der Waals surface area (Å²) in [6.07, 6.45) is 1.94. The summed E-state index contributed by atoms with van der Waals surface area (Å²) in [6, 6.07) is 47.8. The van der Waals surface area contributed by atoms with Gasteiger partial charge in [0.05, 0.1) is 22.1 Å². The quantitative estimate of drug-likeness (QED) is 0.217. The van der Waals surface area contributed by atoms with Crippen molar-refractivity contribution >= 4 is 54.4 Å². The number of fused-ring (bicyclic) bond motifs is 4. The molecule has 9 aromatic rings. The van der Waals surface area contributed by atoms with Gasteiger partial charge in [0.1, 0.15) is 5.82 Å². The maximum absolute atomic E-state index is 4.97. The van der Waals surface area contributed by atoms with E-state index in [-0.39, 0.29) is 0 Å². The molecule has 0 aliphatic carbocycles. The smallest absolute Gasteiger partial charge is 0.138 e.